The standard InChI is InChI=1S/C16H16FN3O2/c1-16(17)8-10-19(11-16)15-14(20(21)22)13(7-9-18-15)12-5-3-2-4-6-12/h2-7,9H,8,10-11H2,1H3. The van der Waals surface area contributed by atoms with Gasteiger partial charge in [-0.25, -0.2) is 9.37 Å². The van der Waals surface area contributed by atoms with Crippen LogP contribution in [-0.2, 0) is 0 Å². The lowest BCUT2D eigenvalue weighted by Gasteiger charge is -2.19. The van der Waals surface area contributed by atoms with Crippen LogP contribution in [0.2, 0.25) is 0 Å². The zero-order valence-corrected chi connectivity index (χ0v) is 12.2. The van der Waals surface area contributed by atoms with Gasteiger partial charge < -0.3 is 4.90 Å². The molecule has 1 aliphatic heterocycles. The lowest BCUT2D eigenvalue weighted by molar-refractivity contribution is -0.383. The molecular formula is C16H16FN3O2. The van der Waals surface area contributed by atoms with Crippen molar-refractivity contribution in [3.8, 4) is 11.1 Å². The number of rotatable bonds is 3. The van der Waals surface area contributed by atoms with Crippen LogP contribution in [0.1, 0.15) is 13.3 Å². The van der Waals surface area contributed by atoms with Crippen LogP contribution in [0.4, 0.5) is 15.9 Å². The first-order valence-electron chi connectivity index (χ1n) is 7.11. The molecule has 1 fully saturated rings. The van der Waals surface area contributed by atoms with Crippen molar-refractivity contribution < 1.29 is 9.31 Å². The van der Waals surface area contributed by atoms with Gasteiger partial charge in [0.05, 0.1) is 17.0 Å². The molecule has 0 spiro atoms. The number of hydrogen-bond acceptors (Lipinski definition) is 4. The molecule has 5 nitrogen and oxygen atoms in total. The molecule has 6 heteroatoms. The number of nitrogens with zero attached hydrogens (tertiary/aromatic N) is 3. The van der Waals surface area contributed by atoms with E-state index in [-0.39, 0.29) is 18.1 Å². The number of aromatic nitrogens is 1. The highest BCUT2D eigenvalue weighted by molar-refractivity contribution is 5.80. The molecule has 0 amide bonds. The van der Waals surface area contributed by atoms with Crippen LogP contribution in [0.3, 0.4) is 0 Å². The summed E-state index contributed by atoms with van der Waals surface area (Å²) < 4.78 is 14.1. The van der Waals surface area contributed by atoms with E-state index in [9.17, 15) is 14.5 Å². The highest BCUT2D eigenvalue weighted by atomic mass is 19.1. The molecule has 2 heterocycles. The molecule has 22 heavy (non-hydrogen) atoms. The Labute approximate surface area is 127 Å². The predicted octanol–water partition coefficient (Wildman–Crippen LogP) is 3.60. The quantitative estimate of drug-likeness (QED) is 0.642. The summed E-state index contributed by atoms with van der Waals surface area (Å²) in [4.78, 5) is 17.0. The SMILES string of the molecule is CC1(F)CCN(c2nccc(-c3ccccc3)c2[N+](=O)[O-])C1. The Balaban J connectivity index is 2.10. The van der Waals surface area contributed by atoms with Crippen molar-refractivity contribution >= 4 is 11.5 Å². The van der Waals surface area contributed by atoms with E-state index in [1.807, 2.05) is 30.3 Å². The molecule has 0 saturated carbocycles. The number of pyridine rings is 1. The van der Waals surface area contributed by atoms with E-state index in [1.165, 1.54) is 6.92 Å². The van der Waals surface area contributed by atoms with E-state index in [1.54, 1.807) is 17.2 Å². The molecule has 1 aromatic heterocycles. The van der Waals surface area contributed by atoms with Crippen molar-refractivity contribution in [3.05, 3.63) is 52.7 Å². The minimum absolute atomic E-state index is 0.0635. The smallest absolute Gasteiger partial charge is 0.319 e. The second kappa shape index (κ2) is 5.36. The van der Waals surface area contributed by atoms with Gasteiger partial charge >= 0.3 is 5.69 Å². The third-order valence-electron chi connectivity index (χ3n) is 3.90. The van der Waals surface area contributed by atoms with E-state index >= 15 is 0 Å². The third-order valence-corrected chi connectivity index (χ3v) is 3.90. The normalized spacial score (nSPS) is 21.1. The molecule has 114 valence electrons. The minimum Gasteiger partial charge on any atom is -0.348 e. The predicted molar refractivity (Wildman–Crippen MR) is 82.7 cm³/mol. The molecule has 1 saturated heterocycles. The number of anilines is 1. The third kappa shape index (κ3) is 2.64. The summed E-state index contributed by atoms with van der Waals surface area (Å²) in [5.41, 5.74) is -0.146. The first-order valence-corrected chi connectivity index (χ1v) is 7.11. The second-order valence-electron chi connectivity index (χ2n) is 5.74. The van der Waals surface area contributed by atoms with Gasteiger partial charge in [0, 0.05) is 19.2 Å². The number of nitro groups is 1. The van der Waals surface area contributed by atoms with Crippen LogP contribution >= 0.6 is 0 Å². The molecule has 0 bridgehead atoms. The Bertz CT molecular complexity index is 704. The van der Waals surface area contributed by atoms with Crippen molar-refractivity contribution in [2.24, 2.45) is 0 Å². The van der Waals surface area contributed by atoms with Crippen LogP contribution in [0.5, 0.6) is 0 Å². The van der Waals surface area contributed by atoms with E-state index in [0.29, 0.717) is 18.5 Å². The fraction of sp³-hybridized carbons (Fsp3) is 0.312. The van der Waals surface area contributed by atoms with Gasteiger partial charge in [-0.3, -0.25) is 10.1 Å². The number of alkyl halides is 1. The monoisotopic (exact) mass is 301 g/mol. The van der Waals surface area contributed by atoms with Gasteiger partial charge in [0.2, 0.25) is 5.82 Å². The molecule has 1 unspecified atom stereocenters. The fourth-order valence-corrected chi connectivity index (χ4v) is 2.81. The lowest BCUT2D eigenvalue weighted by Crippen LogP contribution is -2.27. The van der Waals surface area contributed by atoms with E-state index in [0.717, 1.165) is 5.56 Å². The summed E-state index contributed by atoms with van der Waals surface area (Å²) >= 11 is 0. The Morgan fingerprint density at radius 3 is 2.64 bits per heavy atom. The van der Waals surface area contributed by atoms with Crippen LogP contribution < -0.4 is 4.90 Å². The number of benzene rings is 1. The van der Waals surface area contributed by atoms with Gasteiger partial charge in [-0.05, 0) is 18.6 Å². The summed E-state index contributed by atoms with van der Waals surface area (Å²) in [6, 6.07) is 10.8. The first kappa shape index (κ1) is 14.4. The zero-order chi connectivity index (χ0) is 15.7. The first-order chi connectivity index (χ1) is 10.5. The molecule has 0 radical (unpaired) electrons. The van der Waals surface area contributed by atoms with Gasteiger partial charge in [0.25, 0.3) is 0 Å². The summed E-state index contributed by atoms with van der Waals surface area (Å²) in [5, 5.41) is 11.6. The molecular weight excluding hydrogens is 285 g/mol. The van der Waals surface area contributed by atoms with Gasteiger partial charge in [-0.1, -0.05) is 30.3 Å². The Morgan fingerprint density at radius 2 is 2.05 bits per heavy atom. The molecule has 0 N–H and O–H groups in total. The summed E-state index contributed by atoms with van der Waals surface area (Å²) in [7, 11) is 0. The number of halogens is 1. The van der Waals surface area contributed by atoms with Crippen LogP contribution in [0.15, 0.2) is 42.6 Å². The van der Waals surface area contributed by atoms with Crippen molar-refractivity contribution in [1.82, 2.24) is 4.98 Å². The number of hydrogen-bond donors (Lipinski definition) is 0. The maximum atomic E-state index is 14.1. The van der Waals surface area contributed by atoms with E-state index in [2.05, 4.69) is 4.98 Å². The Morgan fingerprint density at radius 1 is 1.32 bits per heavy atom. The highest BCUT2D eigenvalue weighted by Gasteiger charge is 2.37. The van der Waals surface area contributed by atoms with E-state index in [4.69, 9.17) is 0 Å². The molecule has 1 aromatic carbocycles. The van der Waals surface area contributed by atoms with Gasteiger partial charge in [0.15, 0.2) is 0 Å². The maximum Gasteiger partial charge on any atom is 0.319 e. The van der Waals surface area contributed by atoms with Crippen LogP contribution in [0.25, 0.3) is 11.1 Å². The maximum absolute atomic E-state index is 14.1. The summed E-state index contributed by atoms with van der Waals surface area (Å²) in [6.07, 6.45) is 1.89. The minimum atomic E-state index is -1.34. The molecule has 1 atom stereocenters. The lowest BCUT2D eigenvalue weighted by atomic mass is 10.0. The Hall–Kier alpha value is -2.50. The van der Waals surface area contributed by atoms with Crippen LogP contribution in [-0.4, -0.2) is 28.7 Å². The van der Waals surface area contributed by atoms with Gasteiger partial charge in [-0.2, -0.15) is 0 Å². The van der Waals surface area contributed by atoms with Gasteiger partial charge in [0.1, 0.15) is 5.67 Å². The fourth-order valence-electron chi connectivity index (χ4n) is 2.81. The van der Waals surface area contributed by atoms with Crippen molar-refractivity contribution in [3.63, 3.8) is 0 Å². The average molecular weight is 301 g/mol. The Kier molecular flexibility index (Phi) is 3.52. The largest absolute Gasteiger partial charge is 0.348 e. The van der Waals surface area contributed by atoms with Crippen LogP contribution in [0, 0.1) is 10.1 Å². The molecule has 1 aliphatic rings. The topological polar surface area (TPSA) is 59.3 Å². The van der Waals surface area contributed by atoms with E-state index < -0.39 is 10.6 Å². The average Bonchev–Trinajstić information content (AvgIpc) is 2.87. The van der Waals surface area contributed by atoms with Gasteiger partial charge in [-0.15, -0.1) is 0 Å². The van der Waals surface area contributed by atoms with Crippen molar-refractivity contribution in [2.45, 2.75) is 19.0 Å². The summed E-state index contributed by atoms with van der Waals surface area (Å²) in [5.74, 6) is 0.243. The molecule has 2 aromatic rings. The second-order valence-corrected chi connectivity index (χ2v) is 5.74. The summed E-state index contributed by atoms with van der Waals surface area (Å²) in [6.45, 7) is 2.07. The van der Waals surface area contributed by atoms with Crippen molar-refractivity contribution in [2.75, 3.05) is 18.0 Å². The molecule has 0 aliphatic carbocycles. The highest BCUT2D eigenvalue weighted by Crippen LogP contribution is 2.39. The zero-order valence-electron chi connectivity index (χ0n) is 12.2. The van der Waals surface area contributed by atoms with Crippen molar-refractivity contribution in [1.29, 1.82) is 0 Å². The molecule has 3 rings (SSSR count).